The van der Waals surface area contributed by atoms with Crippen LogP contribution in [0, 0.1) is 0 Å². The van der Waals surface area contributed by atoms with Gasteiger partial charge in [-0.2, -0.15) is 0 Å². The van der Waals surface area contributed by atoms with Gasteiger partial charge in [-0.3, -0.25) is 4.79 Å². The number of morpholine rings is 1. The van der Waals surface area contributed by atoms with Crippen LogP contribution in [0.5, 0.6) is 0 Å². The van der Waals surface area contributed by atoms with Crippen LogP contribution in [0.15, 0.2) is 79.1 Å². The van der Waals surface area contributed by atoms with Gasteiger partial charge in [-0.15, -0.1) is 0 Å². The number of hydrogen-bond acceptors (Lipinski definition) is 5. The van der Waals surface area contributed by atoms with Gasteiger partial charge in [-0.25, -0.2) is 9.97 Å². The average Bonchev–Trinajstić information content (AvgIpc) is 3.64. The highest BCUT2D eigenvalue weighted by atomic mass is 16.5. The molecule has 8 nitrogen and oxygen atoms in total. The van der Waals surface area contributed by atoms with Crippen LogP contribution >= 0.6 is 0 Å². The van der Waals surface area contributed by atoms with E-state index < -0.39 is 0 Å². The van der Waals surface area contributed by atoms with E-state index >= 15 is 0 Å². The first-order valence-corrected chi connectivity index (χ1v) is 11.6. The van der Waals surface area contributed by atoms with Crippen molar-refractivity contribution in [3.8, 4) is 22.8 Å². The van der Waals surface area contributed by atoms with Crippen LogP contribution < -0.4 is 10.2 Å². The zero-order valence-corrected chi connectivity index (χ0v) is 19.0. The van der Waals surface area contributed by atoms with E-state index in [1.807, 2.05) is 67.0 Å². The van der Waals surface area contributed by atoms with Gasteiger partial charge in [-0.1, -0.05) is 0 Å². The standard InChI is InChI=1S/C27H24N6O2/c34-27(30-19-6-8-20(9-7-19)33-13-15-35-16-14-33)18-5-10-21-24(17-18)32-26(23-4-2-12-29-23)25(31-21)22-3-1-11-28-22/h1-12,17,28-29H,13-16H2,(H,30,34). The Morgan fingerprint density at radius 3 is 2.11 bits per heavy atom. The minimum atomic E-state index is -0.192. The van der Waals surface area contributed by atoms with E-state index in [1.54, 1.807) is 12.1 Å². The molecule has 0 radical (unpaired) electrons. The van der Waals surface area contributed by atoms with Crippen LogP contribution in [0.2, 0.25) is 0 Å². The van der Waals surface area contributed by atoms with Crippen molar-refractivity contribution in [1.82, 2.24) is 19.9 Å². The van der Waals surface area contributed by atoms with E-state index in [4.69, 9.17) is 14.7 Å². The number of ether oxygens (including phenoxy) is 1. The summed E-state index contributed by atoms with van der Waals surface area (Å²) >= 11 is 0. The van der Waals surface area contributed by atoms with Gasteiger partial charge in [-0.05, 0) is 66.7 Å². The number of amides is 1. The normalized spacial score (nSPS) is 13.8. The van der Waals surface area contributed by atoms with Crippen molar-refractivity contribution in [3.05, 3.63) is 84.7 Å². The molecule has 0 aliphatic carbocycles. The third-order valence-corrected chi connectivity index (χ3v) is 6.13. The Kier molecular flexibility index (Phi) is 5.48. The lowest BCUT2D eigenvalue weighted by atomic mass is 10.1. The minimum absolute atomic E-state index is 0.192. The minimum Gasteiger partial charge on any atom is -0.378 e. The maximum absolute atomic E-state index is 13.0. The predicted molar refractivity (Wildman–Crippen MR) is 137 cm³/mol. The van der Waals surface area contributed by atoms with Crippen molar-refractivity contribution >= 4 is 28.3 Å². The number of benzene rings is 2. The molecule has 0 atom stereocenters. The number of aromatic nitrogens is 4. The number of carbonyl (C=O) groups excluding carboxylic acids is 1. The van der Waals surface area contributed by atoms with Gasteiger partial charge in [0.1, 0.15) is 11.4 Å². The van der Waals surface area contributed by atoms with Gasteiger partial charge in [0.05, 0.1) is 35.6 Å². The van der Waals surface area contributed by atoms with Crippen molar-refractivity contribution in [2.24, 2.45) is 0 Å². The quantitative estimate of drug-likeness (QED) is 0.350. The van der Waals surface area contributed by atoms with Crippen molar-refractivity contribution in [3.63, 3.8) is 0 Å². The largest absolute Gasteiger partial charge is 0.378 e. The molecular weight excluding hydrogens is 440 g/mol. The Morgan fingerprint density at radius 2 is 1.49 bits per heavy atom. The second-order valence-corrected chi connectivity index (χ2v) is 8.39. The Balaban J connectivity index is 1.28. The van der Waals surface area contributed by atoms with Crippen LogP contribution in [-0.4, -0.2) is 52.1 Å². The van der Waals surface area contributed by atoms with E-state index in [0.717, 1.165) is 66.0 Å². The van der Waals surface area contributed by atoms with Crippen molar-refractivity contribution in [2.45, 2.75) is 0 Å². The Bertz CT molecular complexity index is 1450. The summed E-state index contributed by atoms with van der Waals surface area (Å²) in [5.41, 5.74) is 6.98. The summed E-state index contributed by atoms with van der Waals surface area (Å²) in [6.45, 7) is 3.22. The lowest BCUT2D eigenvalue weighted by molar-refractivity contribution is 0.102. The van der Waals surface area contributed by atoms with E-state index in [-0.39, 0.29) is 5.91 Å². The molecule has 1 saturated heterocycles. The molecule has 4 heterocycles. The second-order valence-electron chi connectivity index (χ2n) is 8.39. The lowest BCUT2D eigenvalue weighted by Crippen LogP contribution is -2.36. The van der Waals surface area contributed by atoms with Crippen molar-refractivity contribution < 1.29 is 9.53 Å². The fraction of sp³-hybridized carbons (Fsp3) is 0.148. The molecule has 174 valence electrons. The number of hydrogen-bond donors (Lipinski definition) is 3. The van der Waals surface area contributed by atoms with Crippen molar-refractivity contribution in [1.29, 1.82) is 0 Å². The number of carbonyl (C=O) groups is 1. The molecule has 1 amide bonds. The molecule has 1 fully saturated rings. The summed E-state index contributed by atoms with van der Waals surface area (Å²) in [6, 6.07) is 21.1. The molecule has 3 aromatic heterocycles. The maximum Gasteiger partial charge on any atom is 0.255 e. The summed E-state index contributed by atoms with van der Waals surface area (Å²) in [6.07, 6.45) is 3.72. The Morgan fingerprint density at radius 1 is 0.829 bits per heavy atom. The monoisotopic (exact) mass is 464 g/mol. The highest BCUT2D eigenvalue weighted by molar-refractivity contribution is 6.06. The highest BCUT2D eigenvalue weighted by Crippen LogP contribution is 2.29. The fourth-order valence-electron chi connectivity index (χ4n) is 4.31. The van der Waals surface area contributed by atoms with Gasteiger partial charge in [0, 0.05) is 42.4 Å². The molecule has 1 aliphatic rings. The molecule has 0 bridgehead atoms. The zero-order chi connectivity index (χ0) is 23.6. The third kappa shape index (κ3) is 4.27. The first-order valence-electron chi connectivity index (χ1n) is 11.6. The number of aromatic amines is 2. The maximum atomic E-state index is 13.0. The average molecular weight is 465 g/mol. The zero-order valence-electron chi connectivity index (χ0n) is 19.0. The second kappa shape index (κ2) is 9.08. The molecule has 0 spiro atoms. The van der Waals surface area contributed by atoms with Gasteiger partial charge in [0.2, 0.25) is 0 Å². The smallest absolute Gasteiger partial charge is 0.255 e. The van der Waals surface area contributed by atoms with Crippen LogP contribution in [-0.2, 0) is 4.74 Å². The predicted octanol–water partition coefficient (Wildman–Crippen LogP) is 4.71. The number of fused-ring (bicyclic) bond motifs is 1. The number of H-pyrrole nitrogens is 2. The number of nitrogens with zero attached hydrogens (tertiary/aromatic N) is 3. The van der Waals surface area contributed by atoms with Gasteiger partial charge in [0.15, 0.2) is 0 Å². The van der Waals surface area contributed by atoms with E-state index in [0.29, 0.717) is 11.1 Å². The summed E-state index contributed by atoms with van der Waals surface area (Å²) in [5, 5.41) is 2.99. The van der Waals surface area contributed by atoms with Crippen LogP contribution in [0.25, 0.3) is 33.8 Å². The number of rotatable bonds is 5. The molecule has 1 aliphatic heterocycles. The van der Waals surface area contributed by atoms with E-state index in [1.165, 1.54) is 0 Å². The SMILES string of the molecule is O=C(Nc1ccc(N2CCOCC2)cc1)c1ccc2nc(-c3ccc[nH]3)c(-c3ccc[nH]3)nc2c1. The van der Waals surface area contributed by atoms with Gasteiger partial charge < -0.3 is 24.9 Å². The summed E-state index contributed by atoms with van der Waals surface area (Å²) in [7, 11) is 0. The molecular formula is C27H24N6O2. The van der Waals surface area contributed by atoms with E-state index in [9.17, 15) is 4.79 Å². The van der Waals surface area contributed by atoms with Gasteiger partial charge >= 0.3 is 0 Å². The first-order chi connectivity index (χ1) is 17.2. The van der Waals surface area contributed by atoms with E-state index in [2.05, 4.69) is 20.2 Å². The molecule has 6 rings (SSSR count). The molecule has 8 heteroatoms. The van der Waals surface area contributed by atoms with Crippen LogP contribution in [0.4, 0.5) is 11.4 Å². The summed E-state index contributed by atoms with van der Waals surface area (Å²) < 4.78 is 5.42. The molecule has 0 unspecified atom stereocenters. The van der Waals surface area contributed by atoms with Crippen molar-refractivity contribution in [2.75, 3.05) is 36.5 Å². The molecule has 2 aromatic carbocycles. The topological polar surface area (TPSA) is 98.9 Å². The fourth-order valence-corrected chi connectivity index (χ4v) is 4.31. The summed E-state index contributed by atoms with van der Waals surface area (Å²) in [5.74, 6) is -0.192. The number of anilines is 2. The molecule has 5 aromatic rings. The Labute approximate surface area is 202 Å². The first kappa shape index (κ1) is 21.1. The van der Waals surface area contributed by atoms with Crippen LogP contribution in [0.1, 0.15) is 10.4 Å². The highest BCUT2D eigenvalue weighted by Gasteiger charge is 2.16. The van der Waals surface area contributed by atoms with Crippen LogP contribution in [0.3, 0.4) is 0 Å². The summed E-state index contributed by atoms with van der Waals surface area (Å²) in [4.78, 5) is 31.4. The van der Waals surface area contributed by atoms with Gasteiger partial charge in [0.25, 0.3) is 5.91 Å². The number of nitrogens with one attached hydrogen (secondary N) is 3. The third-order valence-electron chi connectivity index (χ3n) is 6.13. The Hall–Kier alpha value is -4.43. The lowest BCUT2D eigenvalue weighted by Gasteiger charge is -2.28. The molecule has 3 N–H and O–H groups in total. The molecule has 35 heavy (non-hydrogen) atoms. The molecule has 0 saturated carbocycles.